The van der Waals surface area contributed by atoms with Gasteiger partial charge in [-0.15, -0.1) is 11.3 Å². The van der Waals surface area contributed by atoms with E-state index in [4.69, 9.17) is 0 Å². The highest BCUT2D eigenvalue weighted by atomic mass is 32.1. The molecule has 98 valence electrons. The lowest BCUT2D eigenvalue weighted by Crippen LogP contribution is -2.43. The van der Waals surface area contributed by atoms with Crippen LogP contribution in [0.25, 0.3) is 0 Å². The quantitative estimate of drug-likeness (QED) is 0.844. The third-order valence-electron chi connectivity index (χ3n) is 3.11. The number of carbonyl (C=O) groups is 2. The maximum Gasteiger partial charge on any atom is 0.238 e. The number of thiazole rings is 1. The van der Waals surface area contributed by atoms with E-state index in [-0.39, 0.29) is 11.8 Å². The standard InChI is InChI=1S/C12H17N3O2S/c1-3-8-7-13-12(18-8)14-10(16)9-5-4-6-15(2)11(9)17/h7,9H,3-6H2,1-2H3,(H,13,14,16). The molecule has 5 nitrogen and oxygen atoms in total. The number of aromatic nitrogens is 1. The molecule has 1 aromatic heterocycles. The van der Waals surface area contributed by atoms with Gasteiger partial charge < -0.3 is 10.2 Å². The first-order chi connectivity index (χ1) is 8.61. The molecule has 0 aromatic carbocycles. The highest BCUT2D eigenvalue weighted by Crippen LogP contribution is 2.22. The van der Waals surface area contributed by atoms with Crippen molar-refractivity contribution in [3.05, 3.63) is 11.1 Å². The molecule has 18 heavy (non-hydrogen) atoms. The Morgan fingerprint density at radius 2 is 2.44 bits per heavy atom. The Bertz CT molecular complexity index is 458. The fourth-order valence-electron chi connectivity index (χ4n) is 2.00. The Labute approximate surface area is 110 Å². The molecule has 1 saturated heterocycles. The molecule has 1 aliphatic rings. The van der Waals surface area contributed by atoms with Crippen LogP contribution < -0.4 is 5.32 Å². The summed E-state index contributed by atoms with van der Waals surface area (Å²) < 4.78 is 0. The number of nitrogens with one attached hydrogen (secondary N) is 1. The van der Waals surface area contributed by atoms with Gasteiger partial charge in [-0.1, -0.05) is 6.92 Å². The van der Waals surface area contributed by atoms with Crippen LogP contribution in [0, 0.1) is 5.92 Å². The lowest BCUT2D eigenvalue weighted by molar-refractivity contribution is -0.141. The van der Waals surface area contributed by atoms with Crippen LogP contribution in [0.1, 0.15) is 24.6 Å². The number of rotatable bonds is 3. The van der Waals surface area contributed by atoms with E-state index < -0.39 is 5.92 Å². The highest BCUT2D eigenvalue weighted by Gasteiger charge is 2.32. The molecular formula is C12H17N3O2S. The van der Waals surface area contributed by atoms with Crippen molar-refractivity contribution in [3.63, 3.8) is 0 Å². The number of piperidine rings is 1. The summed E-state index contributed by atoms with van der Waals surface area (Å²) in [6.07, 6.45) is 4.16. The Morgan fingerprint density at radius 1 is 1.67 bits per heavy atom. The first kappa shape index (κ1) is 13.0. The lowest BCUT2D eigenvalue weighted by atomic mass is 9.97. The molecule has 1 aliphatic heterocycles. The number of amides is 2. The third kappa shape index (κ3) is 2.69. The molecule has 2 rings (SSSR count). The van der Waals surface area contributed by atoms with E-state index in [2.05, 4.69) is 10.3 Å². The summed E-state index contributed by atoms with van der Waals surface area (Å²) in [5, 5.41) is 3.32. The van der Waals surface area contributed by atoms with Crippen molar-refractivity contribution < 1.29 is 9.59 Å². The van der Waals surface area contributed by atoms with E-state index in [0.29, 0.717) is 11.6 Å². The number of hydrogen-bond acceptors (Lipinski definition) is 4. The third-order valence-corrected chi connectivity index (χ3v) is 4.17. The first-order valence-electron chi connectivity index (χ1n) is 6.12. The van der Waals surface area contributed by atoms with Gasteiger partial charge in [-0.2, -0.15) is 0 Å². The van der Waals surface area contributed by atoms with Crippen LogP contribution in [0.4, 0.5) is 5.13 Å². The van der Waals surface area contributed by atoms with E-state index in [1.54, 1.807) is 18.1 Å². The topological polar surface area (TPSA) is 62.3 Å². The lowest BCUT2D eigenvalue weighted by Gasteiger charge is -2.28. The number of aryl methyl sites for hydroxylation is 1. The maximum atomic E-state index is 12.0. The minimum absolute atomic E-state index is 0.0916. The first-order valence-corrected chi connectivity index (χ1v) is 6.94. The molecule has 0 bridgehead atoms. The van der Waals surface area contributed by atoms with Crippen LogP contribution in [0.15, 0.2) is 6.20 Å². The number of likely N-dealkylation sites (tertiary alicyclic amines) is 1. The summed E-state index contributed by atoms with van der Waals surface area (Å²) >= 11 is 1.46. The SMILES string of the molecule is CCc1cnc(NC(=O)C2CCCN(C)C2=O)s1. The summed E-state index contributed by atoms with van der Waals surface area (Å²) in [5.41, 5.74) is 0. The number of anilines is 1. The maximum absolute atomic E-state index is 12.0. The van der Waals surface area contributed by atoms with Crippen LogP contribution in [0.2, 0.25) is 0 Å². The molecule has 1 N–H and O–H groups in total. The van der Waals surface area contributed by atoms with E-state index in [1.165, 1.54) is 11.3 Å². The van der Waals surface area contributed by atoms with Crippen LogP contribution in [0.3, 0.4) is 0 Å². The van der Waals surface area contributed by atoms with Gasteiger partial charge in [0.05, 0.1) is 0 Å². The predicted molar refractivity (Wildman–Crippen MR) is 70.5 cm³/mol. The Balaban J connectivity index is 2.00. The molecule has 0 spiro atoms. The van der Waals surface area contributed by atoms with Gasteiger partial charge in [-0.25, -0.2) is 4.98 Å². The van der Waals surface area contributed by atoms with Gasteiger partial charge in [-0.05, 0) is 19.3 Å². The molecule has 2 amide bonds. The fourth-order valence-corrected chi connectivity index (χ4v) is 2.75. The molecule has 0 saturated carbocycles. The number of nitrogens with zero attached hydrogens (tertiary/aromatic N) is 2. The van der Waals surface area contributed by atoms with Gasteiger partial charge in [0.1, 0.15) is 5.92 Å². The normalized spacial score (nSPS) is 20.0. The second-order valence-electron chi connectivity index (χ2n) is 4.43. The zero-order valence-electron chi connectivity index (χ0n) is 10.6. The monoisotopic (exact) mass is 267 g/mol. The smallest absolute Gasteiger partial charge is 0.238 e. The molecule has 2 heterocycles. The van der Waals surface area contributed by atoms with Crippen LogP contribution in [-0.2, 0) is 16.0 Å². The Hall–Kier alpha value is -1.43. The van der Waals surface area contributed by atoms with Crippen molar-refractivity contribution >= 4 is 28.3 Å². The summed E-state index contributed by atoms with van der Waals surface area (Å²) in [5.74, 6) is -0.882. The Morgan fingerprint density at radius 3 is 3.11 bits per heavy atom. The van der Waals surface area contributed by atoms with Crippen molar-refractivity contribution in [2.24, 2.45) is 5.92 Å². The average molecular weight is 267 g/mol. The number of carbonyl (C=O) groups excluding carboxylic acids is 2. The molecule has 1 atom stereocenters. The molecule has 1 fully saturated rings. The van der Waals surface area contributed by atoms with Crippen molar-refractivity contribution in [3.8, 4) is 0 Å². The van der Waals surface area contributed by atoms with Gasteiger partial charge in [0.2, 0.25) is 11.8 Å². The van der Waals surface area contributed by atoms with Gasteiger partial charge in [-0.3, -0.25) is 9.59 Å². The summed E-state index contributed by atoms with van der Waals surface area (Å²) in [6.45, 7) is 2.78. The van der Waals surface area contributed by atoms with Gasteiger partial charge in [0.15, 0.2) is 5.13 Å². The summed E-state index contributed by atoms with van der Waals surface area (Å²) in [6, 6.07) is 0. The van der Waals surface area contributed by atoms with E-state index >= 15 is 0 Å². The minimum atomic E-state index is -0.558. The van der Waals surface area contributed by atoms with E-state index in [0.717, 1.165) is 24.3 Å². The summed E-state index contributed by atoms with van der Waals surface area (Å²) in [4.78, 5) is 30.8. The van der Waals surface area contributed by atoms with Crippen molar-refractivity contribution in [2.45, 2.75) is 26.2 Å². The van der Waals surface area contributed by atoms with Crippen molar-refractivity contribution in [1.29, 1.82) is 0 Å². The van der Waals surface area contributed by atoms with Crippen LogP contribution in [0.5, 0.6) is 0 Å². The molecule has 0 radical (unpaired) electrons. The van der Waals surface area contributed by atoms with Crippen LogP contribution in [-0.4, -0.2) is 35.3 Å². The number of hydrogen-bond donors (Lipinski definition) is 1. The summed E-state index contributed by atoms with van der Waals surface area (Å²) in [7, 11) is 1.74. The van der Waals surface area contributed by atoms with Crippen LogP contribution >= 0.6 is 11.3 Å². The highest BCUT2D eigenvalue weighted by molar-refractivity contribution is 7.15. The fraction of sp³-hybridized carbons (Fsp3) is 0.583. The van der Waals surface area contributed by atoms with Gasteiger partial charge in [0.25, 0.3) is 0 Å². The molecule has 0 aliphatic carbocycles. The largest absolute Gasteiger partial charge is 0.345 e. The molecule has 1 aromatic rings. The molecular weight excluding hydrogens is 250 g/mol. The predicted octanol–water partition coefficient (Wildman–Crippen LogP) is 1.51. The average Bonchev–Trinajstić information content (AvgIpc) is 2.80. The zero-order valence-corrected chi connectivity index (χ0v) is 11.4. The minimum Gasteiger partial charge on any atom is -0.345 e. The van der Waals surface area contributed by atoms with E-state index in [1.807, 2.05) is 6.92 Å². The van der Waals surface area contributed by atoms with Crippen molar-refractivity contribution in [2.75, 3.05) is 18.9 Å². The molecule has 1 unspecified atom stereocenters. The molecule has 6 heteroatoms. The van der Waals surface area contributed by atoms with E-state index in [9.17, 15) is 9.59 Å². The van der Waals surface area contributed by atoms with Crippen molar-refractivity contribution in [1.82, 2.24) is 9.88 Å². The van der Waals surface area contributed by atoms with Gasteiger partial charge in [0, 0.05) is 24.7 Å². The Kier molecular flexibility index (Phi) is 3.96. The second-order valence-corrected chi connectivity index (χ2v) is 5.54. The van der Waals surface area contributed by atoms with Gasteiger partial charge >= 0.3 is 0 Å². The zero-order chi connectivity index (χ0) is 13.1. The second kappa shape index (κ2) is 5.48.